The molecule has 1 heterocycles. The lowest BCUT2D eigenvalue weighted by atomic mass is 9.78. The molecule has 0 radical (unpaired) electrons. The van der Waals surface area contributed by atoms with Crippen LogP contribution in [-0.4, -0.2) is 35.7 Å². The number of rotatable bonds is 5. The number of hydrogen-bond donors (Lipinski definition) is 1. The van der Waals surface area contributed by atoms with E-state index < -0.39 is 5.76 Å². The van der Waals surface area contributed by atoms with Crippen molar-refractivity contribution in [3.05, 3.63) is 24.3 Å². The Balaban J connectivity index is 1.53. The van der Waals surface area contributed by atoms with E-state index in [2.05, 4.69) is 10.2 Å². The van der Waals surface area contributed by atoms with Crippen LogP contribution < -0.4 is 5.32 Å². The Bertz CT molecular complexity index is 550. The van der Waals surface area contributed by atoms with Gasteiger partial charge >= 0.3 is 0 Å². The number of likely N-dealkylation sites (tertiary alicyclic amines) is 1. The molecule has 2 fully saturated rings. The molecule has 1 aromatic rings. The van der Waals surface area contributed by atoms with Crippen LogP contribution in [0.2, 0.25) is 0 Å². The maximum absolute atomic E-state index is 12.6. The lowest BCUT2D eigenvalue weighted by Crippen LogP contribution is -2.51. The molecule has 1 saturated carbocycles. The number of thioether (sulfide) groups is 1. The number of fused-ring (bicyclic) bond motifs is 1. The van der Waals surface area contributed by atoms with Gasteiger partial charge in [-0.3, -0.25) is 4.79 Å². The molecule has 1 saturated heterocycles. The van der Waals surface area contributed by atoms with E-state index in [1.54, 1.807) is 24.3 Å². The largest absolute Gasteiger partial charge is 0.376 e. The first kappa shape index (κ1) is 17.5. The number of halogens is 2. The summed E-state index contributed by atoms with van der Waals surface area (Å²) in [5, 5.41) is 3.13. The second-order valence-electron chi connectivity index (χ2n) is 6.60. The topological polar surface area (TPSA) is 32.3 Å². The number of nitrogens with zero attached hydrogens (tertiary/aromatic N) is 1. The fourth-order valence-corrected chi connectivity index (χ4v) is 4.47. The van der Waals surface area contributed by atoms with Gasteiger partial charge in [-0.25, -0.2) is 0 Å². The zero-order valence-corrected chi connectivity index (χ0v) is 14.5. The molecule has 0 spiro atoms. The van der Waals surface area contributed by atoms with Crippen LogP contribution in [0.15, 0.2) is 29.2 Å². The van der Waals surface area contributed by atoms with E-state index in [0.29, 0.717) is 28.6 Å². The summed E-state index contributed by atoms with van der Waals surface area (Å²) < 4.78 is 24.6. The number of nitrogens with one attached hydrogen (secondary N) is 1. The first-order valence-corrected chi connectivity index (χ1v) is 9.59. The molecule has 2 aliphatic rings. The van der Waals surface area contributed by atoms with Crippen LogP contribution in [0.5, 0.6) is 0 Å². The minimum Gasteiger partial charge on any atom is -0.376 e. The molecular formula is C18H24F2N2OS. The molecule has 0 bridgehead atoms. The summed E-state index contributed by atoms with van der Waals surface area (Å²) in [7, 11) is 0. The van der Waals surface area contributed by atoms with Crippen molar-refractivity contribution in [2.75, 3.05) is 18.4 Å². The minimum atomic E-state index is -2.41. The molecular weight excluding hydrogens is 330 g/mol. The van der Waals surface area contributed by atoms with Gasteiger partial charge in [-0.15, -0.1) is 0 Å². The van der Waals surface area contributed by atoms with Gasteiger partial charge in [-0.1, -0.05) is 24.6 Å². The van der Waals surface area contributed by atoms with Crippen molar-refractivity contribution in [3.63, 3.8) is 0 Å². The number of carbonyl (C=O) groups excluding carboxylic acids is 1. The maximum atomic E-state index is 12.6. The van der Waals surface area contributed by atoms with Gasteiger partial charge in [0, 0.05) is 23.2 Å². The Morgan fingerprint density at radius 3 is 2.62 bits per heavy atom. The van der Waals surface area contributed by atoms with Crippen molar-refractivity contribution in [2.45, 2.75) is 55.2 Å². The zero-order chi connectivity index (χ0) is 16.9. The van der Waals surface area contributed by atoms with Crippen LogP contribution in [0, 0.1) is 5.92 Å². The molecule has 0 aromatic heterocycles. The molecule has 132 valence electrons. The molecule has 1 aromatic carbocycles. The highest BCUT2D eigenvalue weighted by atomic mass is 32.2. The van der Waals surface area contributed by atoms with E-state index in [1.807, 2.05) is 0 Å². The van der Waals surface area contributed by atoms with Gasteiger partial charge in [-0.2, -0.15) is 8.78 Å². The highest BCUT2D eigenvalue weighted by Gasteiger charge is 2.35. The fourth-order valence-electron chi connectivity index (χ4n) is 3.97. The molecule has 1 aliphatic carbocycles. The summed E-state index contributed by atoms with van der Waals surface area (Å²) >= 11 is 0.530. The summed E-state index contributed by atoms with van der Waals surface area (Å²) in [6, 6.07) is 7.23. The molecule has 1 aliphatic heterocycles. The number of benzene rings is 1. The number of amides is 1. The van der Waals surface area contributed by atoms with E-state index >= 15 is 0 Å². The number of anilines is 1. The Morgan fingerprint density at radius 1 is 1.17 bits per heavy atom. The van der Waals surface area contributed by atoms with Gasteiger partial charge in [0.1, 0.15) is 0 Å². The average Bonchev–Trinajstić information content (AvgIpc) is 2.60. The van der Waals surface area contributed by atoms with Gasteiger partial charge < -0.3 is 10.2 Å². The number of piperidine rings is 1. The lowest BCUT2D eigenvalue weighted by Gasteiger charge is -2.44. The van der Waals surface area contributed by atoms with Gasteiger partial charge in [0.25, 0.3) is 5.76 Å². The Labute approximate surface area is 146 Å². The van der Waals surface area contributed by atoms with E-state index in [1.165, 1.54) is 25.7 Å². The smallest absolute Gasteiger partial charge is 0.288 e. The van der Waals surface area contributed by atoms with Crippen molar-refractivity contribution in [1.29, 1.82) is 0 Å². The highest BCUT2D eigenvalue weighted by molar-refractivity contribution is 7.99. The zero-order valence-electron chi connectivity index (χ0n) is 13.7. The normalized spacial score (nSPS) is 23.9. The fraction of sp³-hybridized carbons (Fsp3) is 0.611. The summed E-state index contributed by atoms with van der Waals surface area (Å²) in [4.78, 5) is 15.2. The average molecular weight is 354 g/mol. The molecule has 1 amide bonds. The molecule has 3 rings (SSSR count). The van der Waals surface area contributed by atoms with Crippen molar-refractivity contribution < 1.29 is 13.6 Å². The second kappa shape index (κ2) is 8.19. The van der Waals surface area contributed by atoms with Crippen LogP contribution in [-0.2, 0) is 4.79 Å². The lowest BCUT2D eigenvalue weighted by molar-refractivity contribution is -0.135. The van der Waals surface area contributed by atoms with Gasteiger partial charge in [-0.05, 0) is 55.9 Å². The minimum absolute atomic E-state index is 0.151. The van der Waals surface area contributed by atoms with Gasteiger partial charge in [0.15, 0.2) is 0 Å². The van der Waals surface area contributed by atoms with Crippen LogP contribution in [0.25, 0.3) is 0 Å². The van der Waals surface area contributed by atoms with E-state index in [9.17, 15) is 13.6 Å². The standard InChI is InChI=1S/C18H24F2N2OS/c19-18(20)24-15-9-7-14(8-10-15)21-12-17(23)22-11-3-5-13-4-1-2-6-16(13)22/h7-10,13,16,18,21H,1-6,11-12H2. The van der Waals surface area contributed by atoms with Crippen LogP contribution in [0.1, 0.15) is 38.5 Å². The maximum Gasteiger partial charge on any atom is 0.288 e. The van der Waals surface area contributed by atoms with Gasteiger partial charge in [0.2, 0.25) is 5.91 Å². The monoisotopic (exact) mass is 354 g/mol. The van der Waals surface area contributed by atoms with Crippen molar-refractivity contribution in [1.82, 2.24) is 4.90 Å². The first-order valence-electron chi connectivity index (χ1n) is 8.71. The van der Waals surface area contributed by atoms with E-state index in [4.69, 9.17) is 0 Å². The number of hydrogen-bond acceptors (Lipinski definition) is 3. The highest BCUT2D eigenvalue weighted by Crippen LogP contribution is 2.35. The number of alkyl halides is 2. The summed E-state index contributed by atoms with van der Waals surface area (Å²) in [6.45, 7) is 1.14. The SMILES string of the molecule is O=C(CNc1ccc(SC(F)F)cc1)N1CCCC2CCCCC21. The van der Waals surface area contributed by atoms with Crippen molar-refractivity contribution in [3.8, 4) is 0 Å². The predicted octanol–water partition coefficient (Wildman–Crippen LogP) is 4.59. The molecule has 6 heteroatoms. The molecule has 24 heavy (non-hydrogen) atoms. The first-order chi connectivity index (χ1) is 11.6. The van der Waals surface area contributed by atoms with Crippen molar-refractivity contribution >= 4 is 23.4 Å². The van der Waals surface area contributed by atoms with E-state index in [-0.39, 0.29) is 12.5 Å². The third kappa shape index (κ3) is 4.41. The number of carbonyl (C=O) groups is 1. The van der Waals surface area contributed by atoms with Crippen LogP contribution in [0.4, 0.5) is 14.5 Å². The molecule has 2 atom stereocenters. The third-order valence-electron chi connectivity index (χ3n) is 5.09. The predicted molar refractivity (Wildman–Crippen MR) is 93.5 cm³/mol. The van der Waals surface area contributed by atoms with Crippen molar-refractivity contribution in [2.24, 2.45) is 5.92 Å². The van der Waals surface area contributed by atoms with Crippen LogP contribution in [0.3, 0.4) is 0 Å². The third-order valence-corrected chi connectivity index (χ3v) is 5.81. The molecule has 2 unspecified atom stereocenters. The van der Waals surface area contributed by atoms with Gasteiger partial charge in [0.05, 0.1) is 6.54 Å². The quantitative estimate of drug-likeness (QED) is 0.785. The molecule has 1 N–H and O–H groups in total. The second-order valence-corrected chi connectivity index (χ2v) is 7.66. The summed E-state index contributed by atoms with van der Waals surface area (Å²) in [6.07, 6.45) is 7.27. The molecule has 3 nitrogen and oxygen atoms in total. The summed E-state index contributed by atoms with van der Waals surface area (Å²) in [5.41, 5.74) is 0.791. The Hall–Kier alpha value is -1.30. The van der Waals surface area contributed by atoms with E-state index in [0.717, 1.165) is 25.1 Å². The summed E-state index contributed by atoms with van der Waals surface area (Å²) in [5.74, 6) is -1.58. The Morgan fingerprint density at radius 2 is 1.88 bits per heavy atom. The Kier molecular flexibility index (Phi) is 5.98. The van der Waals surface area contributed by atoms with Crippen LogP contribution >= 0.6 is 11.8 Å².